The fourth-order valence-corrected chi connectivity index (χ4v) is 5.07. The summed E-state index contributed by atoms with van der Waals surface area (Å²) in [7, 11) is -2.97. The Balaban J connectivity index is 1.26. The molecule has 0 aliphatic rings. The van der Waals surface area contributed by atoms with Crippen LogP contribution in [0, 0.1) is 0 Å². The molecule has 0 aliphatic heterocycles. The number of para-hydroxylation sites is 1. The van der Waals surface area contributed by atoms with E-state index in [4.69, 9.17) is 9.72 Å². The van der Waals surface area contributed by atoms with Crippen molar-refractivity contribution in [1.82, 2.24) is 15.3 Å². The van der Waals surface area contributed by atoms with Crippen LogP contribution in [0.1, 0.15) is 5.01 Å². The fraction of sp³-hybridized carbons (Fsp3) is 0.143. The van der Waals surface area contributed by atoms with Gasteiger partial charge in [0.1, 0.15) is 26.3 Å². The SMILES string of the molecule is CS(=O)(=O)CCNCc1nc(-c2ccc3c(Nc4ccc(Oc5ccccc5)cc4)ccnc3c2)cs1. The number of nitrogens with one attached hydrogen (secondary N) is 2. The van der Waals surface area contributed by atoms with Crippen LogP contribution in [-0.4, -0.2) is 36.9 Å². The lowest BCUT2D eigenvalue weighted by molar-refractivity contribution is 0.483. The molecule has 0 saturated carbocycles. The Hall–Kier alpha value is -3.79. The Morgan fingerprint density at radius 1 is 0.946 bits per heavy atom. The molecule has 0 atom stereocenters. The number of sulfone groups is 1. The van der Waals surface area contributed by atoms with Gasteiger partial charge in [0.25, 0.3) is 0 Å². The van der Waals surface area contributed by atoms with Crippen molar-refractivity contribution in [3.63, 3.8) is 0 Å². The molecule has 188 valence electrons. The summed E-state index contributed by atoms with van der Waals surface area (Å²) in [5.41, 5.74) is 4.64. The molecule has 3 aromatic carbocycles. The third-order valence-corrected chi connectivity index (χ3v) is 7.42. The molecule has 0 aliphatic carbocycles. The number of anilines is 2. The van der Waals surface area contributed by atoms with Gasteiger partial charge in [0.05, 0.1) is 17.0 Å². The monoisotopic (exact) mass is 530 g/mol. The number of benzene rings is 3. The first-order chi connectivity index (χ1) is 17.9. The van der Waals surface area contributed by atoms with Gasteiger partial charge in [-0.3, -0.25) is 4.98 Å². The quantitative estimate of drug-likeness (QED) is 0.213. The number of thiazole rings is 1. The second kappa shape index (κ2) is 11.1. The lowest BCUT2D eigenvalue weighted by Gasteiger charge is -2.11. The summed E-state index contributed by atoms with van der Waals surface area (Å²) in [5.74, 6) is 1.69. The summed E-state index contributed by atoms with van der Waals surface area (Å²) in [6.07, 6.45) is 3.03. The van der Waals surface area contributed by atoms with Crippen molar-refractivity contribution in [2.75, 3.05) is 23.9 Å². The first kappa shape index (κ1) is 24.9. The topological polar surface area (TPSA) is 93.2 Å². The summed E-state index contributed by atoms with van der Waals surface area (Å²) >= 11 is 1.55. The Bertz CT molecular complexity index is 1600. The van der Waals surface area contributed by atoms with Crippen molar-refractivity contribution in [3.8, 4) is 22.8 Å². The van der Waals surface area contributed by atoms with E-state index in [1.54, 1.807) is 17.5 Å². The Morgan fingerprint density at radius 3 is 2.51 bits per heavy atom. The largest absolute Gasteiger partial charge is 0.457 e. The van der Waals surface area contributed by atoms with Gasteiger partial charge in [-0.15, -0.1) is 11.3 Å². The number of rotatable bonds is 10. The zero-order chi connectivity index (χ0) is 25.7. The third-order valence-electron chi connectivity index (χ3n) is 5.63. The molecule has 0 fully saturated rings. The summed E-state index contributed by atoms with van der Waals surface area (Å²) < 4.78 is 28.4. The number of hydrogen-bond donors (Lipinski definition) is 2. The van der Waals surface area contributed by atoms with Crippen LogP contribution in [0.15, 0.2) is 90.4 Å². The molecule has 9 heteroatoms. The molecule has 0 amide bonds. The van der Waals surface area contributed by atoms with Gasteiger partial charge in [0.2, 0.25) is 0 Å². The second-order valence-electron chi connectivity index (χ2n) is 8.59. The highest BCUT2D eigenvalue weighted by atomic mass is 32.2. The standard InChI is InChI=1S/C28H26N4O3S2/c1-37(33,34)16-15-29-18-28-32-27(19-36-28)20-7-12-24-25(13-14-30-26(24)17-20)31-21-8-10-23(11-9-21)35-22-5-3-2-4-6-22/h2-14,17,19,29H,15-16,18H2,1H3,(H,30,31). The van der Waals surface area contributed by atoms with Gasteiger partial charge in [-0.25, -0.2) is 13.4 Å². The van der Waals surface area contributed by atoms with E-state index in [9.17, 15) is 8.42 Å². The highest BCUT2D eigenvalue weighted by molar-refractivity contribution is 7.90. The van der Waals surface area contributed by atoms with Gasteiger partial charge < -0.3 is 15.4 Å². The van der Waals surface area contributed by atoms with Crippen LogP contribution in [0.25, 0.3) is 22.2 Å². The highest BCUT2D eigenvalue weighted by Crippen LogP contribution is 2.31. The zero-order valence-electron chi connectivity index (χ0n) is 20.2. The van der Waals surface area contributed by atoms with E-state index < -0.39 is 9.84 Å². The van der Waals surface area contributed by atoms with Crippen molar-refractivity contribution in [2.45, 2.75) is 6.54 Å². The Kier molecular flexibility index (Phi) is 7.45. The van der Waals surface area contributed by atoms with E-state index in [-0.39, 0.29) is 5.75 Å². The van der Waals surface area contributed by atoms with E-state index in [1.807, 2.05) is 78.2 Å². The summed E-state index contributed by atoms with van der Waals surface area (Å²) in [6, 6.07) is 25.6. The average molecular weight is 531 g/mol. The molecular formula is C28H26N4O3S2. The molecule has 2 aromatic heterocycles. The maximum Gasteiger partial charge on any atom is 0.148 e. The van der Waals surface area contributed by atoms with Gasteiger partial charge in [-0.05, 0) is 48.5 Å². The van der Waals surface area contributed by atoms with Crippen LogP contribution in [-0.2, 0) is 16.4 Å². The number of fused-ring (bicyclic) bond motifs is 1. The molecule has 5 rings (SSSR count). The van der Waals surface area contributed by atoms with Crippen LogP contribution in [0.3, 0.4) is 0 Å². The molecule has 0 spiro atoms. The molecule has 0 bridgehead atoms. The molecule has 0 radical (unpaired) electrons. The molecule has 0 saturated heterocycles. The van der Waals surface area contributed by atoms with Crippen LogP contribution >= 0.6 is 11.3 Å². The number of hydrogen-bond acceptors (Lipinski definition) is 8. The predicted molar refractivity (Wildman–Crippen MR) is 151 cm³/mol. The third kappa shape index (κ3) is 6.71. The number of nitrogens with zero attached hydrogens (tertiary/aromatic N) is 2. The van der Waals surface area contributed by atoms with Gasteiger partial charge >= 0.3 is 0 Å². The van der Waals surface area contributed by atoms with Crippen molar-refractivity contribution in [2.24, 2.45) is 0 Å². The first-order valence-electron chi connectivity index (χ1n) is 11.7. The minimum absolute atomic E-state index is 0.115. The Labute approximate surface area is 220 Å². The van der Waals surface area contributed by atoms with Crippen molar-refractivity contribution in [3.05, 3.63) is 95.4 Å². The molecular weight excluding hydrogens is 504 g/mol. The van der Waals surface area contributed by atoms with E-state index in [1.165, 1.54) is 6.26 Å². The van der Waals surface area contributed by atoms with E-state index >= 15 is 0 Å². The lowest BCUT2D eigenvalue weighted by atomic mass is 10.1. The molecule has 7 nitrogen and oxygen atoms in total. The molecule has 2 N–H and O–H groups in total. The highest BCUT2D eigenvalue weighted by Gasteiger charge is 2.09. The molecule has 2 heterocycles. The van der Waals surface area contributed by atoms with Gasteiger partial charge in [0.15, 0.2) is 0 Å². The lowest BCUT2D eigenvalue weighted by Crippen LogP contribution is -2.21. The normalized spacial score (nSPS) is 11.5. The van der Waals surface area contributed by atoms with Gasteiger partial charge in [0, 0.05) is 53.2 Å². The maximum absolute atomic E-state index is 11.3. The van der Waals surface area contributed by atoms with E-state index in [0.29, 0.717) is 13.1 Å². The van der Waals surface area contributed by atoms with Crippen LogP contribution < -0.4 is 15.4 Å². The average Bonchev–Trinajstić information content (AvgIpc) is 3.37. The van der Waals surface area contributed by atoms with Crippen molar-refractivity contribution >= 4 is 43.5 Å². The number of ether oxygens (including phenoxy) is 1. The molecule has 37 heavy (non-hydrogen) atoms. The summed E-state index contributed by atoms with van der Waals surface area (Å²) in [6.45, 7) is 0.946. The molecule has 0 unspecified atom stereocenters. The fourth-order valence-electron chi connectivity index (χ4n) is 3.78. The second-order valence-corrected chi connectivity index (χ2v) is 11.8. The van der Waals surface area contributed by atoms with Crippen LogP contribution in [0.4, 0.5) is 11.4 Å². The maximum atomic E-state index is 11.3. The van der Waals surface area contributed by atoms with E-state index in [2.05, 4.69) is 21.7 Å². The van der Waals surface area contributed by atoms with Crippen molar-refractivity contribution in [1.29, 1.82) is 0 Å². The predicted octanol–water partition coefficient (Wildman–Crippen LogP) is 6.03. The minimum atomic E-state index is -2.97. The molecule has 5 aromatic rings. The van der Waals surface area contributed by atoms with Gasteiger partial charge in [-0.1, -0.05) is 30.3 Å². The summed E-state index contributed by atoms with van der Waals surface area (Å²) in [4.78, 5) is 9.27. The minimum Gasteiger partial charge on any atom is -0.457 e. The smallest absolute Gasteiger partial charge is 0.148 e. The number of aromatic nitrogens is 2. The Morgan fingerprint density at radius 2 is 1.73 bits per heavy atom. The van der Waals surface area contributed by atoms with E-state index in [0.717, 1.165) is 50.0 Å². The number of pyridine rings is 1. The van der Waals surface area contributed by atoms with Gasteiger partial charge in [-0.2, -0.15) is 0 Å². The van der Waals surface area contributed by atoms with Crippen LogP contribution in [0.5, 0.6) is 11.5 Å². The van der Waals surface area contributed by atoms with Crippen LogP contribution in [0.2, 0.25) is 0 Å². The summed E-state index contributed by atoms with van der Waals surface area (Å²) in [5, 5.41) is 10.5. The first-order valence-corrected chi connectivity index (χ1v) is 14.7. The zero-order valence-corrected chi connectivity index (χ0v) is 21.9. The van der Waals surface area contributed by atoms with Crippen molar-refractivity contribution < 1.29 is 13.2 Å².